The molecule has 0 unspecified atom stereocenters. The Balaban J connectivity index is 2.48. The van der Waals surface area contributed by atoms with Crippen LogP contribution in [0.2, 0.25) is 0 Å². The number of nitrogens with zero attached hydrogens (tertiary/aromatic N) is 1. The standard InChI is InChI=1S/C11H13N3/c1-8(6-12-2)10-5-9-3-4-13-11(9)14-7-10/h3-7,12H,1-2H3,(H,13,14)/b8-6+. The summed E-state index contributed by atoms with van der Waals surface area (Å²) in [7, 11) is 1.89. The number of aromatic nitrogens is 2. The Morgan fingerprint density at radius 3 is 3.21 bits per heavy atom. The van der Waals surface area contributed by atoms with Gasteiger partial charge in [0.2, 0.25) is 0 Å². The maximum Gasteiger partial charge on any atom is 0.137 e. The Hall–Kier alpha value is -1.77. The number of hydrogen-bond donors (Lipinski definition) is 2. The van der Waals surface area contributed by atoms with Gasteiger partial charge in [-0.2, -0.15) is 0 Å². The van der Waals surface area contributed by atoms with Crippen molar-refractivity contribution in [2.24, 2.45) is 0 Å². The lowest BCUT2D eigenvalue weighted by atomic mass is 10.1. The van der Waals surface area contributed by atoms with Gasteiger partial charge < -0.3 is 10.3 Å². The second kappa shape index (κ2) is 3.54. The van der Waals surface area contributed by atoms with Crippen molar-refractivity contribution in [1.29, 1.82) is 0 Å². The molecule has 0 aromatic carbocycles. The summed E-state index contributed by atoms with van der Waals surface area (Å²) in [5.41, 5.74) is 3.26. The van der Waals surface area contributed by atoms with E-state index in [4.69, 9.17) is 0 Å². The van der Waals surface area contributed by atoms with E-state index in [1.807, 2.05) is 31.7 Å². The minimum absolute atomic E-state index is 0.936. The largest absolute Gasteiger partial charge is 0.394 e. The molecule has 0 aliphatic carbocycles. The summed E-state index contributed by atoms with van der Waals surface area (Å²) in [6.07, 6.45) is 5.75. The van der Waals surface area contributed by atoms with E-state index in [0.717, 1.165) is 16.6 Å². The monoisotopic (exact) mass is 187 g/mol. The minimum Gasteiger partial charge on any atom is -0.394 e. The molecule has 3 nitrogen and oxygen atoms in total. The van der Waals surface area contributed by atoms with E-state index < -0.39 is 0 Å². The Morgan fingerprint density at radius 1 is 1.57 bits per heavy atom. The topological polar surface area (TPSA) is 40.7 Å². The summed E-state index contributed by atoms with van der Waals surface area (Å²) in [5, 5.41) is 4.15. The fourth-order valence-electron chi connectivity index (χ4n) is 1.46. The maximum absolute atomic E-state index is 4.32. The zero-order valence-corrected chi connectivity index (χ0v) is 8.33. The highest BCUT2D eigenvalue weighted by atomic mass is 14.8. The van der Waals surface area contributed by atoms with Crippen LogP contribution < -0.4 is 5.32 Å². The Kier molecular flexibility index (Phi) is 2.23. The van der Waals surface area contributed by atoms with E-state index in [1.165, 1.54) is 5.57 Å². The van der Waals surface area contributed by atoms with Crippen LogP contribution in [-0.2, 0) is 0 Å². The summed E-state index contributed by atoms with van der Waals surface area (Å²) < 4.78 is 0. The third-order valence-corrected chi connectivity index (χ3v) is 2.22. The van der Waals surface area contributed by atoms with Crippen molar-refractivity contribution in [2.75, 3.05) is 7.05 Å². The van der Waals surface area contributed by atoms with Crippen molar-refractivity contribution < 1.29 is 0 Å². The lowest BCUT2D eigenvalue weighted by Gasteiger charge is -2.00. The normalized spacial score (nSPS) is 12.0. The number of aromatic amines is 1. The van der Waals surface area contributed by atoms with Crippen LogP contribution in [0.25, 0.3) is 16.6 Å². The van der Waals surface area contributed by atoms with Crippen LogP contribution in [0.4, 0.5) is 0 Å². The van der Waals surface area contributed by atoms with Crippen LogP contribution in [0.15, 0.2) is 30.7 Å². The molecular weight excluding hydrogens is 174 g/mol. The van der Waals surface area contributed by atoms with Crippen LogP contribution in [0.3, 0.4) is 0 Å². The number of rotatable bonds is 2. The Morgan fingerprint density at radius 2 is 2.43 bits per heavy atom. The number of H-pyrrole nitrogens is 1. The molecule has 14 heavy (non-hydrogen) atoms. The molecule has 0 radical (unpaired) electrons. The van der Waals surface area contributed by atoms with Gasteiger partial charge in [0, 0.05) is 24.8 Å². The third-order valence-electron chi connectivity index (χ3n) is 2.22. The number of allylic oxidation sites excluding steroid dienone is 1. The molecule has 0 aliphatic heterocycles. The van der Waals surface area contributed by atoms with Crippen molar-refractivity contribution >= 4 is 16.6 Å². The molecule has 2 rings (SSSR count). The van der Waals surface area contributed by atoms with E-state index in [2.05, 4.69) is 28.3 Å². The fraction of sp³-hybridized carbons (Fsp3) is 0.182. The summed E-state index contributed by atoms with van der Waals surface area (Å²) in [4.78, 5) is 7.39. The number of hydrogen-bond acceptors (Lipinski definition) is 2. The highest BCUT2D eigenvalue weighted by molar-refractivity contribution is 5.79. The predicted octanol–water partition coefficient (Wildman–Crippen LogP) is 2.14. The first kappa shape index (κ1) is 8.81. The van der Waals surface area contributed by atoms with E-state index in [-0.39, 0.29) is 0 Å². The molecule has 72 valence electrons. The molecule has 0 saturated heterocycles. The van der Waals surface area contributed by atoms with Crippen LogP contribution >= 0.6 is 0 Å². The first-order chi connectivity index (χ1) is 6.81. The van der Waals surface area contributed by atoms with Crippen LogP contribution in [-0.4, -0.2) is 17.0 Å². The highest BCUT2D eigenvalue weighted by Crippen LogP contribution is 2.17. The van der Waals surface area contributed by atoms with Gasteiger partial charge in [-0.05, 0) is 36.4 Å². The van der Waals surface area contributed by atoms with Crippen molar-refractivity contribution in [2.45, 2.75) is 6.92 Å². The molecule has 0 aliphatic rings. The average molecular weight is 187 g/mol. The van der Waals surface area contributed by atoms with Gasteiger partial charge in [-0.3, -0.25) is 0 Å². The molecule has 3 heteroatoms. The molecule has 0 spiro atoms. The molecule has 0 bridgehead atoms. The van der Waals surface area contributed by atoms with Gasteiger partial charge in [-0.15, -0.1) is 0 Å². The smallest absolute Gasteiger partial charge is 0.137 e. The van der Waals surface area contributed by atoms with Crippen LogP contribution in [0.5, 0.6) is 0 Å². The fourth-order valence-corrected chi connectivity index (χ4v) is 1.46. The zero-order valence-electron chi connectivity index (χ0n) is 8.33. The minimum atomic E-state index is 0.936. The first-order valence-corrected chi connectivity index (χ1v) is 4.59. The molecule has 2 aromatic rings. The van der Waals surface area contributed by atoms with E-state index in [1.54, 1.807) is 0 Å². The zero-order chi connectivity index (χ0) is 9.97. The second-order valence-corrected chi connectivity index (χ2v) is 3.26. The van der Waals surface area contributed by atoms with Gasteiger partial charge in [-0.1, -0.05) is 0 Å². The maximum atomic E-state index is 4.32. The number of fused-ring (bicyclic) bond motifs is 1. The predicted molar refractivity (Wildman–Crippen MR) is 58.8 cm³/mol. The number of pyridine rings is 1. The quantitative estimate of drug-likeness (QED) is 0.756. The third kappa shape index (κ3) is 1.48. The summed E-state index contributed by atoms with van der Waals surface area (Å²) >= 11 is 0. The van der Waals surface area contributed by atoms with Gasteiger partial charge in [-0.25, -0.2) is 4.98 Å². The van der Waals surface area contributed by atoms with E-state index >= 15 is 0 Å². The Labute approximate surface area is 82.9 Å². The van der Waals surface area contributed by atoms with E-state index in [9.17, 15) is 0 Å². The van der Waals surface area contributed by atoms with Crippen molar-refractivity contribution in [3.05, 3.63) is 36.3 Å². The lowest BCUT2D eigenvalue weighted by molar-refractivity contribution is 1.10. The van der Waals surface area contributed by atoms with Gasteiger partial charge in [0.05, 0.1) is 0 Å². The van der Waals surface area contributed by atoms with Crippen LogP contribution in [0, 0.1) is 0 Å². The van der Waals surface area contributed by atoms with Gasteiger partial charge in [0.1, 0.15) is 5.65 Å². The van der Waals surface area contributed by atoms with E-state index in [0.29, 0.717) is 0 Å². The van der Waals surface area contributed by atoms with Crippen molar-refractivity contribution in [3.63, 3.8) is 0 Å². The SMILES string of the molecule is CN/C=C(\C)c1cnc2[nH]ccc2c1. The second-order valence-electron chi connectivity index (χ2n) is 3.26. The molecule has 2 N–H and O–H groups in total. The molecule has 0 saturated carbocycles. The molecule has 2 aromatic heterocycles. The summed E-state index contributed by atoms with van der Waals surface area (Å²) in [5.74, 6) is 0. The van der Waals surface area contributed by atoms with Crippen LogP contribution in [0.1, 0.15) is 12.5 Å². The van der Waals surface area contributed by atoms with Gasteiger partial charge in [0.15, 0.2) is 0 Å². The van der Waals surface area contributed by atoms with Crippen molar-refractivity contribution in [1.82, 2.24) is 15.3 Å². The lowest BCUT2D eigenvalue weighted by Crippen LogP contribution is -1.94. The van der Waals surface area contributed by atoms with Crippen molar-refractivity contribution in [3.8, 4) is 0 Å². The highest BCUT2D eigenvalue weighted by Gasteiger charge is 1.99. The van der Waals surface area contributed by atoms with Gasteiger partial charge in [0.25, 0.3) is 0 Å². The summed E-state index contributed by atoms with van der Waals surface area (Å²) in [6, 6.07) is 4.15. The first-order valence-electron chi connectivity index (χ1n) is 4.59. The molecule has 0 fully saturated rings. The molecule has 0 amide bonds. The van der Waals surface area contributed by atoms with Gasteiger partial charge >= 0.3 is 0 Å². The summed E-state index contributed by atoms with van der Waals surface area (Å²) in [6.45, 7) is 2.06. The average Bonchev–Trinajstić information content (AvgIpc) is 2.64. The number of nitrogens with one attached hydrogen (secondary N) is 2. The molecule has 0 atom stereocenters. The molecular formula is C11H13N3. The Bertz CT molecular complexity index is 468. The molecule has 2 heterocycles.